The minimum Gasteiger partial charge on any atom is -0.481 e. The molecule has 0 aliphatic carbocycles. The molecule has 6 heteroatoms. The van der Waals surface area contributed by atoms with Gasteiger partial charge in [-0.25, -0.2) is 4.98 Å². The zero-order chi connectivity index (χ0) is 13.8. The number of methoxy groups -OCH3 is 1. The number of aryl methyl sites for hydroxylation is 1. The van der Waals surface area contributed by atoms with Crippen molar-refractivity contribution in [2.45, 2.75) is 39.2 Å². The number of rotatable bonds is 6. The number of aliphatic carboxylic acids is 1. The molecule has 0 spiro atoms. The predicted molar refractivity (Wildman–Crippen MR) is 67.9 cm³/mol. The number of carboxylic acid groups (broad SMARTS) is 1. The van der Waals surface area contributed by atoms with Crippen LogP contribution in [-0.4, -0.2) is 33.7 Å². The first-order chi connectivity index (χ1) is 8.32. The Hall–Kier alpha value is -1.85. The number of hydrogen-bond acceptors (Lipinski definition) is 5. The molecule has 1 heterocycles. The first-order valence-electron chi connectivity index (χ1n) is 5.72. The molecule has 6 nitrogen and oxygen atoms in total. The Labute approximate surface area is 106 Å². The zero-order valence-corrected chi connectivity index (χ0v) is 11.1. The maximum absolute atomic E-state index is 10.6. The van der Waals surface area contributed by atoms with E-state index in [9.17, 15) is 4.79 Å². The summed E-state index contributed by atoms with van der Waals surface area (Å²) in [4.78, 5) is 18.8. The van der Waals surface area contributed by atoms with Gasteiger partial charge in [-0.15, -0.1) is 0 Å². The molecule has 1 aromatic heterocycles. The normalized spacial score (nSPS) is 11.1. The van der Waals surface area contributed by atoms with Gasteiger partial charge in [-0.05, 0) is 27.2 Å². The van der Waals surface area contributed by atoms with Crippen molar-refractivity contribution in [3.63, 3.8) is 0 Å². The van der Waals surface area contributed by atoms with Crippen LogP contribution in [0.4, 0.5) is 5.82 Å². The molecule has 0 saturated carbocycles. The number of anilines is 1. The maximum atomic E-state index is 10.6. The Kier molecular flexibility index (Phi) is 4.47. The molecule has 0 aliphatic rings. The lowest BCUT2D eigenvalue weighted by atomic mass is 9.98. The molecule has 0 bridgehead atoms. The highest BCUT2D eigenvalue weighted by atomic mass is 16.5. The average Bonchev–Trinajstić information content (AvgIpc) is 2.25. The highest BCUT2D eigenvalue weighted by molar-refractivity contribution is 5.66. The minimum atomic E-state index is -0.804. The van der Waals surface area contributed by atoms with Gasteiger partial charge in [0, 0.05) is 23.7 Å². The fraction of sp³-hybridized carbons (Fsp3) is 0.583. The van der Waals surface area contributed by atoms with Gasteiger partial charge in [0.2, 0.25) is 0 Å². The van der Waals surface area contributed by atoms with Crippen LogP contribution in [-0.2, 0) is 4.79 Å². The average molecular weight is 253 g/mol. The van der Waals surface area contributed by atoms with Crippen LogP contribution in [0.1, 0.15) is 32.4 Å². The van der Waals surface area contributed by atoms with E-state index >= 15 is 0 Å². The topological polar surface area (TPSA) is 84.3 Å². The van der Waals surface area contributed by atoms with E-state index in [1.807, 2.05) is 20.8 Å². The van der Waals surface area contributed by atoms with Gasteiger partial charge < -0.3 is 15.2 Å². The second-order valence-corrected chi connectivity index (χ2v) is 4.78. The molecule has 0 radical (unpaired) electrons. The van der Waals surface area contributed by atoms with Crippen LogP contribution in [0.3, 0.4) is 0 Å². The van der Waals surface area contributed by atoms with Crippen LogP contribution in [0.2, 0.25) is 0 Å². The van der Waals surface area contributed by atoms with Gasteiger partial charge in [0.15, 0.2) is 0 Å². The fourth-order valence-electron chi connectivity index (χ4n) is 1.53. The quantitative estimate of drug-likeness (QED) is 0.804. The molecular weight excluding hydrogens is 234 g/mol. The maximum Gasteiger partial charge on any atom is 0.318 e. The van der Waals surface area contributed by atoms with Crippen LogP contribution < -0.4 is 10.1 Å². The van der Waals surface area contributed by atoms with E-state index in [4.69, 9.17) is 9.84 Å². The van der Waals surface area contributed by atoms with Gasteiger partial charge in [-0.2, -0.15) is 4.98 Å². The van der Waals surface area contributed by atoms with Gasteiger partial charge in [-0.3, -0.25) is 4.79 Å². The van der Waals surface area contributed by atoms with Crippen LogP contribution in [0.5, 0.6) is 6.01 Å². The molecule has 0 fully saturated rings. The smallest absolute Gasteiger partial charge is 0.318 e. The summed E-state index contributed by atoms with van der Waals surface area (Å²) < 4.78 is 4.99. The van der Waals surface area contributed by atoms with E-state index in [2.05, 4.69) is 15.3 Å². The minimum absolute atomic E-state index is 0.112. The predicted octanol–water partition coefficient (Wildman–Crippen LogP) is 1.85. The molecule has 0 unspecified atom stereocenters. The number of nitrogens with one attached hydrogen (secondary N) is 1. The number of aromatic nitrogens is 2. The number of hydrogen-bond donors (Lipinski definition) is 2. The Morgan fingerprint density at radius 3 is 2.72 bits per heavy atom. The third-order valence-corrected chi connectivity index (χ3v) is 2.45. The van der Waals surface area contributed by atoms with Crippen molar-refractivity contribution in [3.05, 3.63) is 11.8 Å². The fourth-order valence-corrected chi connectivity index (χ4v) is 1.53. The SMILES string of the molecule is COc1nc(C)cc(NC(C)(C)CCC(=O)O)n1. The van der Waals surface area contributed by atoms with E-state index < -0.39 is 5.97 Å². The summed E-state index contributed by atoms with van der Waals surface area (Å²) in [6, 6.07) is 2.09. The van der Waals surface area contributed by atoms with E-state index in [1.165, 1.54) is 7.11 Å². The van der Waals surface area contributed by atoms with Crippen molar-refractivity contribution in [1.82, 2.24) is 9.97 Å². The molecule has 0 aromatic carbocycles. The van der Waals surface area contributed by atoms with E-state index in [1.54, 1.807) is 6.07 Å². The van der Waals surface area contributed by atoms with Crippen LogP contribution in [0, 0.1) is 6.92 Å². The van der Waals surface area contributed by atoms with E-state index in [-0.39, 0.29) is 12.0 Å². The zero-order valence-electron chi connectivity index (χ0n) is 11.1. The van der Waals surface area contributed by atoms with Gasteiger partial charge >= 0.3 is 12.0 Å². The summed E-state index contributed by atoms with van der Waals surface area (Å²) in [6.45, 7) is 5.71. The van der Waals surface area contributed by atoms with Crippen molar-refractivity contribution in [3.8, 4) is 6.01 Å². The van der Waals surface area contributed by atoms with Crippen LogP contribution in [0.25, 0.3) is 0 Å². The Balaban J connectivity index is 2.76. The van der Waals surface area contributed by atoms with Crippen molar-refractivity contribution in [2.24, 2.45) is 0 Å². The Morgan fingerprint density at radius 1 is 1.50 bits per heavy atom. The molecule has 0 saturated heterocycles. The van der Waals surface area contributed by atoms with Gasteiger partial charge in [-0.1, -0.05) is 0 Å². The number of carboxylic acids is 1. The Morgan fingerprint density at radius 2 is 2.17 bits per heavy atom. The van der Waals surface area contributed by atoms with Gasteiger partial charge in [0.05, 0.1) is 7.11 Å². The first-order valence-corrected chi connectivity index (χ1v) is 5.72. The van der Waals surface area contributed by atoms with Crippen molar-refractivity contribution >= 4 is 11.8 Å². The molecular formula is C12H19N3O3. The molecule has 0 aliphatic heterocycles. The molecule has 18 heavy (non-hydrogen) atoms. The highest BCUT2D eigenvalue weighted by Gasteiger charge is 2.20. The van der Waals surface area contributed by atoms with E-state index in [0.29, 0.717) is 18.2 Å². The summed E-state index contributed by atoms with van der Waals surface area (Å²) in [7, 11) is 1.51. The highest BCUT2D eigenvalue weighted by Crippen LogP contribution is 2.20. The third-order valence-electron chi connectivity index (χ3n) is 2.45. The van der Waals surface area contributed by atoms with Crippen molar-refractivity contribution in [1.29, 1.82) is 0 Å². The second-order valence-electron chi connectivity index (χ2n) is 4.78. The summed E-state index contributed by atoms with van der Waals surface area (Å²) in [5, 5.41) is 11.9. The second kappa shape index (κ2) is 5.66. The standard InChI is InChI=1S/C12H19N3O3/c1-8-7-9(14-11(13-8)18-4)15-12(2,3)6-5-10(16)17/h7H,5-6H2,1-4H3,(H,16,17)(H,13,14,15). The summed E-state index contributed by atoms with van der Waals surface area (Å²) in [5.41, 5.74) is 0.433. The number of carbonyl (C=O) groups is 1. The largest absolute Gasteiger partial charge is 0.481 e. The van der Waals surface area contributed by atoms with E-state index in [0.717, 1.165) is 5.69 Å². The molecule has 1 aromatic rings. The van der Waals surface area contributed by atoms with Crippen molar-refractivity contribution < 1.29 is 14.6 Å². The number of ether oxygens (including phenoxy) is 1. The monoisotopic (exact) mass is 253 g/mol. The molecule has 0 atom stereocenters. The number of nitrogens with zero attached hydrogens (tertiary/aromatic N) is 2. The summed E-state index contributed by atoms with van der Waals surface area (Å²) in [6.07, 6.45) is 0.620. The molecule has 0 amide bonds. The molecule has 100 valence electrons. The lowest BCUT2D eigenvalue weighted by molar-refractivity contribution is -0.137. The first kappa shape index (κ1) is 14.2. The third kappa shape index (κ3) is 4.57. The molecule has 1 rings (SSSR count). The lowest BCUT2D eigenvalue weighted by Crippen LogP contribution is -2.32. The lowest BCUT2D eigenvalue weighted by Gasteiger charge is -2.26. The summed E-state index contributed by atoms with van der Waals surface area (Å²) in [5.74, 6) is -0.170. The van der Waals surface area contributed by atoms with Crippen LogP contribution in [0.15, 0.2) is 6.07 Å². The Bertz CT molecular complexity index is 433. The van der Waals surface area contributed by atoms with Crippen molar-refractivity contribution in [2.75, 3.05) is 12.4 Å². The molecule has 2 N–H and O–H groups in total. The van der Waals surface area contributed by atoms with Gasteiger partial charge in [0.1, 0.15) is 5.82 Å². The van der Waals surface area contributed by atoms with Gasteiger partial charge in [0.25, 0.3) is 0 Å². The summed E-state index contributed by atoms with van der Waals surface area (Å²) >= 11 is 0. The van der Waals surface area contributed by atoms with Crippen LogP contribution >= 0.6 is 0 Å².